The second-order valence-corrected chi connectivity index (χ2v) is 5.49. The van der Waals surface area contributed by atoms with E-state index in [1.807, 2.05) is 7.05 Å². The number of aromatic nitrogens is 2. The highest BCUT2D eigenvalue weighted by molar-refractivity contribution is 5.57. The van der Waals surface area contributed by atoms with E-state index in [-0.39, 0.29) is 0 Å². The second kappa shape index (κ2) is 6.88. The van der Waals surface area contributed by atoms with Gasteiger partial charge < -0.3 is 15.5 Å². The molecule has 0 saturated carbocycles. The zero-order valence-electron chi connectivity index (χ0n) is 13.2. The van der Waals surface area contributed by atoms with Crippen molar-refractivity contribution in [3.8, 4) is 0 Å². The lowest BCUT2D eigenvalue weighted by atomic mass is 10.1. The van der Waals surface area contributed by atoms with Gasteiger partial charge in [0, 0.05) is 32.1 Å². The molecule has 2 rings (SSSR count). The molecular formula is C15H27N5. The molecule has 0 bridgehead atoms. The first-order valence-corrected chi connectivity index (χ1v) is 7.69. The monoisotopic (exact) mass is 277 g/mol. The number of hydrogen-bond acceptors (Lipinski definition) is 5. The number of hydrogen-bond donors (Lipinski definition) is 2. The summed E-state index contributed by atoms with van der Waals surface area (Å²) in [6, 6.07) is 0. The molecule has 2 heterocycles. The van der Waals surface area contributed by atoms with Crippen LogP contribution >= 0.6 is 0 Å². The first-order valence-electron chi connectivity index (χ1n) is 7.69. The van der Waals surface area contributed by atoms with Crippen LogP contribution in [0.3, 0.4) is 0 Å². The summed E-state index contributed by atoms with van der Waals surface area (Å²) in [5.74, 6) is 3.54. The molecule has 0 radical (unpaired) electrons. The van der Waals surface area contributed by atoms with Crippen molar-refractivity contribution in [3.63, 3.8) is 0 Å². The molecule has 0 aliphatic carbocycles. The van der Waals surface area contributed by atoms with Crippen LogP contribution in [0.5, 0.6) is 0 Å². The normalized spacial score (nSPS) is 19.3. The quantitative estimate of drug-likeness (QED) is 0.834. The largest absolute Gasteiger partial charge is 0.373 e. The Morgan fingerprint density at radius 1 is 1.25 bits per heavy atom. The number of nitrogens with zero attached hydrogens (tertiary/aromatic N) is 3. The van der Waals surface area contributed by atoms with E-state index in [1.165, 1.54) is 19.5 Å². The van der Waals surface area contributed by atoms with Crippen LogP contribution in [0.1, 0.15) is 31.7 Å². The van der Waals surface area contributed by atoms with Gasteiger partial charge in [-0.3, -0.25) is 0 Å². The Hall–Kier alpha value is -1.36. The van der Waals surface area contributed by atoms with Crippen molar-refractivity contribution < 1.29 is 0 Å². The maximum Gasteiger partial charge on any atom is 0.134 e. The van der Waals surface area contributed by atoms with E-state index in [0.717, 1.165) is 48.5 Å². The van der Waals surface area contributed by atoms with Gasteiger partial charge in [0.2, 0.25) is 0 Å². The molecule has 1 aromatic rings. The van der Waals surface area contributed by atoms with E-state index in [2.05, 4.69) is 46.3 Å². The van der Waals surface area contributed by atoms with Crippen LogP contribution in [0.2, 0.25) is 0 Å². The van der Waals surface area contributed by atoms with Crippen LogP contribution in [0.25, 0.3) is 0 Å². The molecule has 1 saturated heterocycles. The molecule has 1 fully saturated rings. The van der Waals surface area contributed by atoms with Crippen molar-refractivity contribution in [2.75, 3.05) is 43.9 Å². The van der Waals surface area contributed by atoms with Crippen LogP contribution in [0.15, 0.2) is 0 Å². The van der Waals surface area contributed by atoms with E-state index in [9.17, 15) is 0 Å². The summed E-state index contributed by atoms with van der Waals surface area (Å²) >= 11 is 0. The van der Waals surface area contributed by atoms with Gasteiger partial charge in [-0.2, -0.15) is 0 Å². The molecule has 0 amide bonds. The fraction of sp³-hybridized carbons (Fsp3) is 0.733. The Morgan fingerprint density at radius 3 is 2.60 bits per heavy atom. The predicted octanol–water partition coefficient (Wildman–Crippen LogP) is 2.14. The summed E-state index contributed by atoms with van der Waals surface area (Å²) in [5, 5.41) is 6.69. The number of aryl methyl sites for hydroxylation is 1. The average molecular weight is 277 g/mol. The molecule has 1 aromatic heterocycles. The topological polar surface area (TPSA) is 53.1 Å². The van der Waals surface area contributed by atoms with Gasteiger partial charge in [-0.25, -0.2) is 9.97 Å². The van der Waals surface area contributed by atoms with Crippen LogP contribution in [0, 0.1) is 12.8 Å². The van der Waals surface area contributed by atoms with Crippen LogP contribution < -0.4 is 10.6 Å². The van der Waals surface area contributed by atoms with Crippen molar-refractivity contribution in [3.05, 3.63) is 11.4 Å². The third kappa shape index (κ3) is 3.39. The lowest BCUT2D eigenvalue weighted by Crippen LogP contribution is -2.23. The first kappa shape index (κ1) is 15.0. The molecule has 1 atom stereocenters. The molecule has 112 valence electrons. The number of nitrogens with one attached hydrogen (secondary N) is 2. The fourth-order valence-electron chi connectivity index (χ4n) is 2.74. The zero-order chi connectivity index (χ0) is 14.5. The summed E-state index contributed by atoms with van der Waals surface area (Å²) in [4.78, 5) is 11.6. The molecule has 20 heavy (non-hydrogen) atoms. The summed E-state index contributed by atoms with van der Waals surface area (Å²) in [5.41, 5.74) is 1.11. The molecule has 0 spiro atoms. The summed E-state index contributed by atoms with van der Waals surface area (Å²) in [6.45, 7) is 11.0. The predicted molar refractivity (Wildman–Crippen MR) is 84.4 cm³/mol. The molecule has 0 aromatic carbocycles. The number of anilines is 2. The van der Waals surface area contributed by atoms with Crippen molar-refractivity contribution >= 4 is 11.6 Å². The molecule has 1 unspecified atom stereocenters. The van der Waals surface area contributed by atoms with Gasteiger partial charge in [0.05, 0.1) is 0 Å². The van der Waals surface area contributed by atoms with Crippen molar-refractivity contribution in [1.82, 2.24) is 14.9 Å². The molecule has 5 heteroatoms. The van der Waals surface area contributed by atoms with Crippen LogP contribution in [0.4, 0.5) is 11.6 Å². The average Bonchev–Trinajstić information content (AvgIpc) is 2.94. The highest BCUT2D eigenvalue weighted by Gasteiger charge is 2.21. The molecule has 1 aliphatic rings. The summed E-state index contributed by atoms with van der Waals surface area (Å²) in [7, 11) is 1.91. The maximum atomic E-state index is 4.62. The third-order valence-corrected chi connectivity index (χ3v) is 4.12. The standard InChI is InChI=1S/C15H27N5/c1-5-13-18-14(16-4)11(3)15(19-13)17-9-12-7-8-20(6-2)10-12/h12H,5-10H2,1-4H3,(H2,16,17,18,19). The maximum absolute atomic E-state index is 4.62. The molecule has 1 aliphatic heterocycles. The van der Waals surface area contributed by atoms with E-state index < -0.39 is 0 Å². The Balaban J connectivity index is 2.02. The highest BCUT2D eigenvalue weighted by atomic mass is 15.1. The summed E-state index contributed by atoms with van der Waals surface area (Å²) in [6.07, 6.45) is 2.14. The SMILES string of the molecule is CCc1nc(NC)c(C)c(NCC2CCN(CC)C2)n1. The first-order chi connectivity index (χ1) is 9.67. The van der Waals surface area contributed by atoms with Gasteiger partial charge in [0.1, 0.15) is 17.5 Å². The van der Waals surface area contributed by atoms with Gasteiger partial charge in [0.15, 0.2) is 0 Å². The Morgan fingerprint density at radius 2 is 2.00 bits per heavy atom. The second-order valence-electron chi connectivity index (χ2n) is 5.49. The smallest absolute Gasteiger partial charge is 0.134 e. The van der Waals surface area contributed by atoms with Gasteiger partial charge in [-0.15, -0.1) is 0 Å². The molecular weight excluding hydrogens is 250 g/mol. The lowest BCUT2D eigenvalue weighted by Gasteiger charge is -2.16. The minimum Gasteiger partial charge on any atom is -0.373 e. The zero-order valence-corrected chi connectivity index (χ0v) is 13.2. The minimum absolute atomic E-state index is 0.729. The fourth-order valence-corrected chi connectivity index (χ4v) is 2.74. The third-order valence-electron chi connectivity index (χ3n) is 4.12. The van der Waals surface area contributed by atoms with Crippen molar-refractivity contribution in [2.45, 2.75) is 33.6 Å². The van der Waals surface area contributed by atoms with Crippen molar-refractivity contribution in [1.29, 1.82) is 0 Å². The highest BCUT2D eigenvalue weighted by Crippen LogP contribution is 2.22. The Labute approximate surface area is 122 Å². The van der Waals surface area contributed by atoms with Gasteiger partial charge in [-0.05, 0) is 32.4 Å². The lowest BCUT2D eigenvalue weighted by molar-refractivity contribution is 0.345. The van der Waals surface area contributed by atoms with Crippen molar-refractivity contribution in [2.24, 2.45) is 5.92 Å². The number of rotatable bonds is 6. The molecule has 5 nitrogen and oxygen atoms in total. The minimum atomic E-state index is 0.729. The summed E-state index contributed by atoms with van der Waals surface area (Å²) < 4.78 is 0. The number of likely N-dealkylation sites (tertiary alicyclic amines) is 1. The Kier molecular flexibility index (Phi) is 5.17. The van der Waals surface area contributed by atoms with E-state index >= 15 is 0 Å². The van der Waals surface area contributed by atoms with Crippen LogP contribution in [-0.2, 0) is 6.42 Å². The van der Waals surface area contributed by atoms with Crippen LogP contribution in [-0.4, -0.2) is 48.1 Å². The van der Waals surface area contributed by atoms with E-state index in [4.69, 9.17) is 0 Å². The Bertz CT molecular complexity index is 446. The van der Waals surface area contributed by atoms with E-state index in [0.29, 0.717) is 0 Å². The molecule has 2 N–H and O–H groups in total. The van der Waals surface area contributed by atoms with Gasteiger partial charge >= 0.3 is 0 Å². The van der Waals surface area contributed by atoms with Gasteiger partial charge in [0.25, 0.3) is 0 Å². The van der Waals surface area contributed by atoms with Gasteiger partial charge in [-0.1, -0.05) is 13.8 Å². The van der Waals surface area contributed by atoms with E-state index in [1.54, 1.807) is 0 Å².